The Labute approximate surface area is 245 Å². The molecule has 0 aliphatic rings. The Morgan fingerprint density at radius 2 is 1.18 bits per heavy atom. The quantitative estimate of drug-likeness (QED) is 0.0545. The van der Waals surface area contributed by atoms with Crippen molar-refractivity contribution in [3.63, 3.8) is 0 Å². The van der Waals surface area contributed by atoms with Crippen LogP contribution in [0.2, 0.25) is 0 Å². The summed E-state index contributed by atoms with van der Waals surface area (Å²) in [4.78, 5) is 12.4. The second kappa shape index (κ2) is 27.2. The van der Waals surface area contributed by atoms with E-state index in [-0.39, 0.29) is 12.3 Å². The van der Waals surface area contributed by atoms with Crippen LogP contribution in [-0.4, -0.2) is 41.9 Å². The number of rotatable bonds is 26. The lowest BCUT2D eigenvalue weighted by atomic mass is 10.0. The lowest BCUT2D eigenvalue weighted by Crippen LogP contribution is -2.47. The van der Waals surface area contributed by atoms with Crippen molar-refractivity contribution in [3.8, 4) is 0 Å². The van der Waals surface area contributed by atoms with Crippen LogP contribution in [0.25, 0.3) is 0 Å². The van der Waals surface area contributed by atoms with E-state index in [9.17, 15) is 22.9 Å². The van der Waals surface area contributed by atoms with Crippen molar-refractivity contribution in [3.05, 3.63) is 60.8 Å². The molecule has 230 valence electrons. The molecule has 0 aliphatic carbocycles. The molecular formula is C33H57NO5S. The van der Waals surface area contributed by atoms with Gasteiger partial charge in [-0.25, -0.2) is 0 Å². The Kier molecular flexibility index (Phi) is 25.9. The van der Waals surface area contributed by atoms with Crippen LogP contribution in [-0.2, 0) is 14.9 Å². The predicted octanol–water partition coefficient (Wildman–Crippen LogP) is 8.17. The summed E-state index contributed by atoms with van der Waals surface area (Å²) in [5.74, 6) is -0.984. The molecule has 2 atom stereocenters. The van der Waals surface area contributed by atoms with Crippen molar-refractivity contribution < 1.29 is 22.9 Å². The monoisotopic (exact) mass is 579 g/mol. The fraction of sp³-hybridized carbons (Fsp3) is 0.667. The topological polar surface area (TPSA) is 104 Å². The lowest BCUT2D eigenvalue weighted by Gasteiger charge is -2.23. The van der Waals surface area contributed by atoms with E-state index in [0.29, 0.717) is 12.8 Å². The molecule has 7 heteroatoms. The molecule has 0 aromatic heterocycles. The molecular weight excluding hydrogens is 522 g/mol. The number of nitrogens with one attached hydrogen (secondary N) is 1. The van der Waals surface area contributed by atoms with Crippen LogP contribution in [0.3, 0.4) is 0 Å². The second-order valence-corrected chi connectivity index (χ2v) is 11.9. The molecule has 1 amide bonds. The highest BCUT2D eigenvalue weighted by Gasteiger charge is 2.25. The summed E-state index contributed by atoms with van der Waals surface area (Å²) in [6, 6.07) is -0.999. The SMILES string of the molecule is CC/C=C\C/C=C\C/C=C\C/C=C\C/C=C\CCCC(=O)NC(CS(=O)(=O)O)C(O)CCCCCCCCCC. The number of carbonyl (C=O) groups is 1. The third kappa shape index (κ3) is 27.6. The highest BCUT2D eigenvalue weighted by Crippen LogP contribution is 2.13. The molecule has 0 saturated heterocycles. The minimum Gasteiger partial charge on any atom is -0.391 e. The number of allylic oxidation sites excluding steroid dienone is 10. The standard InChI is InChI=1S/C33H57NO5S/c1-3-5-7-9-11-13-14-15-16-17-18-19-20-21-23-25-27-29-33(36)34-31(30-40(37,38)39)32(35)28-26-24-22-12-10-8-6-4-2/h5,7,11,13,15-16,18-19,21,23,31-32,35H,3-4,6,8-10,12,14,17,20,22,24-30H2,1-2H3,(H,34,36)(H,37,38,39)/b7-5-,13-11-,16-15-,19-18-,23-21-. The molecule has 0 aromatic carbocycles. The average Bonchev–Trinajstić information content (AvgIpc) is 2.90. The molecule has 0 radical (unpaired) electrons. The zero-order chi connectivity index (χ0) is 29.7. The number of aliphatic hydroxyl groups excluding tert-OH is 1. The maximum absolute atomic E-state index is 12.4. The van der Waals surface area contributed by atoms with Gasteiger partial charge in [0.2, 0.25) is 5.91 Å². The van der Waals surface area contributed by atoms with Gasteiger partial charge in [0.25, 0.3) is 10.1 Å². The highest BCUT2D eigenvalue weighted by molar-refractivity contribution is 7.85. The van der Waals surface area contributed by atoms with E-state index in [1.54, 1.807) is 0 Å². The lowest BCUT2D eigenvalue weighted by molar-refractivity contribution is -0.122. The van der Waals surface area contributed by atoms with Gasteiger partial charge in [0.15, 0.2) is 0 Å². The number of hydrogen-bond donors (Lipinski definition) is 3. The van der Waals surface area contributed by atoms with Gasteiger partial charge in [0.1, 0.15) is 0 Å². The summed E-state index contributed by atoms with van der Waals surface area (Å²) in [7, 11) is -4.32. The number of carbonyl (C=O) groups excluding carboxylic acids is 1. The second-order valence-electron chi connectivity index (χ2n) is 10.4. The molecule has 0 aliphatic heterocycles. The molecule has 0 spiro atoms. The molecule has 0 saturated carbocycles. The van der Waals surface area contributed by atoms with E-state index in [4.69, 9.17) is 0 Å². The molecule has 3 N–H and O–H groups in total. The highest BCUT2D eigenvalue weighted by atomic mass is 32.2. The third-order valence-corrected chi connectivity index (χ3v) is 7.27. The summed E-state index contributed by atoms with van der Waals surface area (Å²) in [6.45, 7) is 4.32. The van der Waals surface area contributed by atoms with Crippen molar-refractivity contribution in [2.24, 2.45) is 0 Å². The predicted molar refractivity (Wildman–Crippen MR) is 170 cm³/mol. The van der Waals surface area contributed by atoms with Gasteiger partial charge in [0, 0.05) is 6.42 Å². The molecule has 0 heterocycles. The van der Waals surface area contributed by atoms with Crippen LogP contribution in [0.15, 0.2) is 60.8 Å². The number of aliphatic hydroxyl groups is 1. The van der Waals surface area contributed by atoms with Crippen molar-refractivity contribution >= 4 is 16.0 Å². The van der Waals surface area contributed by atoms with E-state index >= 15 is 0 Å². The first-order valence-corrected chi connectivity index (χ1v) is 17.1. The Balaban J connectivity index is 4.14. The van der Waals surface area contributed by atoms with Crippen molar-refractivity contribution in [2.45, 2.75) is 135 Å². The number of unbranched alkanes of at least 4 members (excludes halogenated alkanes) is 8. The van der Waals surface area contributed by atoms with Gasteiger partial charge in [-0.1, -0.05) is 126 Å². The summed E-state index contributed by atoms with van der Waals surface area (Å²) < 4.78 is 32.1. The van der Waals surface area contributed by atoms with Crippen LogP contribution in [0.4, 0.5) is 0 Å². The van der Waals surface area contributed by atoms with Crippen molar-refractivity contribution in [1.82, 2.24) is 5.32 Å². The van der Waals surface area contributed by atoms with Crippen LogP contribution in [0.5, 0.6) is 0 Å². The third-order valence-electron chi connectivity index (χ3n) is 6.49. The Bertz CT molecular complexity index is 858. The summed E-state index contributed by atoms with van der Waals surface area (Å²) in [5.41, 5.74) is 0. The van der Waals surface area contributed by atoms with Crippen LogP contribution < -0.4 is 5.32 Å². The summed E-state index contributed by atoms with van der Waals surface area (Å²) in [6.07, 6.45) is 36.1. The van der Waals surface area contributed by atoms with Gasteiger partial charge in [0.05, 0.1) is 17.9 Å². The van der Waals surface area contributed by atoms with E-state index < -0.39 is 28.0 Å². The first-order valence-electron chi connectivity index (χ1n) is 15.5. The summed E-state index contributed by atoms with van der Waals surface area (Å²) in [5, 5.41) is 13.1. The average molecular weight is 580 g/mol. The fourth-order valence-corrected chi connectivity index (χ4v) is 4.95. The maximum Gasteiger partial charge on any atom is 0.266 e. The summed E-state index contributed by atoms with van der Waals surface area (Å²) >= 11 is 0. The van der Waals surface area contributed by atoms with Gasteiger partial charge in [-0.3, -0.25) is 9.35 Å². The van der Waals surface area contributed by atoms with Gasteiger partial charge < -0.3 is 10.4 Å². The first kappa shape index (κ1) is 38.0. The van der Waals surface area contributed by atoms with Crippen LogP contribution in [0.1, 0.15) is 123 Å². The zero-order valence-electron chi connectivity index (χ0n) is 25.2. The maximum atomic E-state index is 12.4. The molecule has 2 unspecified atom stereocenters. The molecule has 0 aromatic rings. The van der Waals surface area contributed by atoms with Gasteiger partial charge in [-0.15, -0.1) is 0 Å². The molecule has 0 rings (SSSR count). The molecule has 0 bridgehead atoms. The molecule has 40 heavy (non-hydrogen) atoms. The molecule has 0 fully saturated rings. The van der Waals surface area contributed by atoms with Crippen LogP contribution >= 0.6 is 0 Å². The first-order chi connectivity index (χ1) is 19.3. The Morgan fingerprint density at radius 3 is 1.68 bits per heavy atom. The fourth-order valence-electron chi connectivity index (χ4n) is 4.19. The molecule has 6 nitrogen and oxygen atoms in total. The smallest absolute Gasteiger partial charge is 0.266 e. The zero-order valence-corrected chi connectivity index (χ0v) is 26.0. The van der Waals surface area contributed by atoms with Crippen molar-refractivity contribution in [1.29, 1.82) is 0 Å². The van der Waals surface area contributed by atoms with Gasteiger partial charge in [-0.05, 0) is 51.4 Å². The number of hydrogen-bond acceptors (Lipinski definition) is 4. The minimum atomic E-state index is -4.32. The Hall–Kier alpha value is -1.96. The van der Waals surface area contributed by atoms with Gasteiger partial charge >= 0.3 is 0 Å². The van der Waals surface area contributed by atoms with E-state index in [2.05, 4.69) is 73.8 Å². The van der Waals surface area contributed by atoms with E-state index in [1.165, 1.54) is 32.1 Å². The largest absolute Gasteiger partial charge is 0.391 e. The normalized spacial score (nSPS) is 14.4. The van der Waals surface area contributed by atoms with E-state index in [1.807, 2.05) is 6.08 Å². The Morgan fingerprint density at radius 1 is 0.700 bits per heavy atom. The van der Waals surface area contributed by atoms with Gasteiger partial charge in [-0.2, -0.15) is 8.42 Å². The van der Waals surface area contributed by atoms with Crippen molar-refractivity contribution in [2.75, 3.05) is 5.75 Å². The minimum absolute atomic E-state index is 0.237. The van der Waals surface area contributed by atoms with Crippen LogP contribution in [0, 0.1) is 0 Å². The van der Waals surface area contributed by atoms with E-state index in [0.717, 1.165) is 57.8 Å². The number of amides is 1.